The van der Waals surface area contributed by atoms with E-state index in [0.29, 0.717) is 23.4 Å². The molecular formula is C15H22N2O2. The number of nitrogens with zero attached hydrogens (tertiary/aromatic N) is 1. The molecule has 0 spiro atoms. The quantitative estimate of drug-likeness (QED) is 0.847. The number of amides is 1. The van der Waals surface area contributed by atoms with Gasteiger partial charge in [-0.2, -0.15) is 0 Å². The summed E-state index contributed by atoms with van der Waals surface area (Å²) in [5, 5.41) is 0. The highest BCUT2D eigenvalue weighted by molar-refractivity contribution is 5.78. The average molecular weight is 262 g/mol. The Kier molecular flexibility index (Phi) is 4.30. The molecule has 1 atom stereocenters. The van der Waals surface area contributed by atoms with Gasteiger partial charge in [0.1, 0.15) is 5.75 Å². The Hall–Kier alpha value is -1.71. The molecule has 1 aromatic rings. The zero-order chi connectivity index (χ0) is 13.8. The minimum atomic E-state index is 0.0550. The number of carbonyl (C=O) groups excluding carboxylic acids is 1. The summed E-state index contributed by atoms with van der Waals surface area (Å²) in [6.45, 7) is 5.23. The van der Waals surface area contributed by atoms with E-state index in [1.54, 1.807) is 12.1 Å². The van der Waals surface area contributed by atoms with Crippen molar-refractivity contribution in [1.82, 2.24) is 4.90 Å². The van der Waals surface area contributed by atoms with Crippen molar-refractivity contribution in [2.24, 2.45) is 5.92 Å². The van der Waals surface area contributed by atoms with Crippen molar-refractivity contribution in [3.63, 3.8) is 0 Å². The second-order valence-corrected chi connectivity index (χ2v) is 5.37. The number of benzene rings is 1. The van der Waals surface area contributed by atoms with E-state index in [-0.39, 0.29) is 12.5 Å². The Balaban J connectivity index is 1.93. The maximum Gasteiger partial charge on any atom is 0.260 e. The molecule has 104 valence electrons. The smallest absolute Gasteiger partial charge is 0.260 e. The first kappa shape index (κ1) is 13.7. The van der Waals surface area contributed by atoms with E-state index in [1.807, 2.05) is 17.0 Å². The van der Waals surface area contributed by atoms with Crippen LogP contribution in [0.2, 0.25) is 0 Å². The van der Waals surface area contributed by atoms with Gasteiger partial charge in [-0.3, -0.25) is 4.79 Å². The summed E-state index contributed by atoms with van der Waals surface area (Å²) in [6.07, 6.45) is 2.18. The van der Waals surface area contributed by atoms with Gasteiger partial charge in [0.05, 0.1) is 5.69 Å². The Bertz CT molecular complexity index is 446. The van der Waals surface area contributed by atoms with E-state index < -0.39 is 0 Å². The third-order valence-corrected chi connectivity index (χ3v) is 3.66. The lowest BCUT2D eigenvalue weighted by Crippen LogP contribution is -2.41. The van der Waals surface area contributed by atoms with Crippen molar-refractivity contribution in [3.8, 4) is 5.75 Å². The normalized spacial score (nSPS) is 18.9. The number of hydrogen-bond donors (Lipinski definition) is 1. The number of carbonyl (C=O) groups is 1. The number of nitrogens with two attached hydrogens (primary N) is 1. The first-order valence-corrected chi connectivity index (χ1v) is 6.86. The fourth-order valence-corrected chi connectivity index (χ4v) is 2.63. The maximum atomic E-state index is 12.2. The number of para-hydroxylation sites is 2. The molecule has 0 radical (unpaired) electrons. The van der Waals surface area contributed by atoms with Crippen molar-refractivity contribution in [2.45, 2.75) is 32.7 Å². The maximum absolute atomic E-state index is 12.2. The molecule has 1 amide bonds. The lowest BCUT2D eigenvalue weighted by Gasteiger charge is -2.27. The predicted molar refractivity (Wildman–Crippen MR) is 75.9 cm³/mol. The summed E-state index contributed by atoms with van der Waals surface area (Å²) in [5.41, 5.74) is 6.35. The molecule has 1 saturated heterocycles. The van der Waals surface area contributed by atoms with E-state index in [2.05, 4.69) is 13.8 Å². The van der Waals surface area contributed by atoms with Gasteiger partial charge in [0, 0.05) is 12.6 Å². The standard InChI is InChI=1S/C15H22N2O2/c1-11(2)13-7-5-9-17(13)15(18)10-19-14-8-4-3-6-12(14)16/h3-4,6,8,11,13H,5,7,9-10,16H2,1-2H3. The van der Waals surface area contributed by atoms with Gasteiger partial charge in [0.25, 0.3) is 5.91 Å². The van der Waals surface area contributed by atoms with E-state index in [0.717, 1.165) is 19.4 Å². The van der Waals surface area contributed by atoms with Gasteiger partial charge in [0.2, 0.25) is 0 Å². The van der Waals surface area contributed by atoms with Crippen LogP contribution in [-0.2, 0) is 4.79 Å². The first-order valence-electron chi connectivity index (χ1n) is 6.86. The van der Waals surface area contributed by atoms with Crippen LogP contribution in [0.5, 0.6) is 5.75 Å². The number of hydrogen-bond acceptors (Lipinski definition) is 3. The van der Waals surface area contributed by atoms with Gasteiger partial charge in [-0.1, -0.05) is 26.0 Å². The summed E-state index contributed by atoms with van der Waals surface area (Å²) in [5.74, 6) is 1.13. The molecule has 1 fully saturated rings. The minimum Gasteiger partial charge on any atom is -0.482 e. The Morgan fingerprint density at radius 1 is 1.47 bits per heavy atom. The summed E-state index contributed by atoms with van der Waals surface area (Å²) in [6, 6.07) is 7.60. The highest BCUT2D eigenvalue weighted by Gasteiger charge is 2.30. The second kappa shape index (κ2) is 5.95. The van der Waals surface area contributed by atoms with Crippen LogP contribution in [-0.4, -0.2) is 30.0 Å². The lowest BCUT2D eigenvalue weighted by atomic mass is 10.0. The van der Waals surface area contributed by atoms with Gasteiger partial charge >= 0.3 is 0 Å². The van der Waals surface area contributed by atoms with Crippen molar-refractivity contribution < 1.29 is 9.53 Å². The summed E-state index contributed by atoms with van der Waals surface area (Å²) in [7, 11) is 0. The molecule has 0 saturated carbocycles. The number of anilines is 1. The van der Waals surface area contributed by atoms with E-state index in [9.17, 15) is 4.79 Å². The third kappa shape index (κ3) is 3.19. The Morgan fingerprint density at radius 3 is 2.89 bits per heavy atom. The predicted octanol–water partition coefficient (Wildman–Crippen LogP) is 2.29. The van der Waals surface area contributed by atoms with Crippen LogP contribution in [0.1, 0.15) is 26.7 Å². The Labute approximate surface area is 114 Å². The first-order chi connectivity index (χ1) is 9.09. The number of likely N-dealkylation sites (tertiary alicyclic amines) is 1. The van der Waals surface area contributed by atoms with Gasteiger partial charge in [-0.15, -0.1) is 0 Å². The number of ether oxygens (including phenoxy) is 1. The molecule has 4 nitrogen and oxygen atoms in total. The van der Waals surface area contributed by atoms with Crippen LogP contribution in [0.15, 0.2) is 24.3 Å². The zero-order valence-corrected chi connectivity index (χ0v) is 11.6. The van der Waals surface area contributed by atoms with Crippen molar-refractivity contribution in [2.75, 3.05) is 18.9 Å². The third-order valence-electron chi connectivity index (χ3n) is 3.66. The highest BCUT2D eigenvalue weighted by Crippen LogP contribution is 2.24. The minimum absolute atomic E-state index is 0.0550. The van der Waals surface area contributed by atoms with Crippen LogP contribution >= 0.6 is 0 Å². The van der Waals surface area contributed by atoms with Gasteiger partial charge in [-0.05, 0) is 30.9 Å². The molecule has 1 aromatic carbocycles. The van der Waals surface area contributed by atoms with Crippen LogP contribution in [0.4, 0.5) is 5.69 Å². The van der Waals surface area contributed by atoms with E-state index in [1.165, 1.54) is 0 Å². The molecule has 0 aliphatic carbocycles. The fraction of sp³-hybridized carbons (Fsp3) is 0.533. The van der Waals surface area contributed by atoms with Gasteiger partial charge < -0.3 is 15.4 Å². The molecule has 1 heterocycles. The molecule has 2 rings (SSSR count). The highest BCUT2D eigenvalue weighted by atomic mass is 16.5. The van der Waals surface area contributed by atoms with E-state index >= 15 is 0 Å². The van der Waals surface area contributed by atoms with Gasteiger partial charge in [0.15, 0.2) is 6.61 Å². The molecule has 4 heteroatoms. The summed E-state index contributed by atoms with van der Waals surface area (Å²) < 4.78 is 5.52. The second-order valence-electron chi connectivity index (χ2n) is 5.37. The lowest BCUT2D eigenvalue weighted by molar-refractivity contribution is -0.134. The van der Waals surface area contributed by atoms with Crippen LogP contribution in [0.3, 0.4) is 0 Å². The molecule has 1 aliphatic heterocycles. The zero-order valence-electron chi connectivity index (χ0n) is 11.6. The summed E-state index contributed by atoms with van der Waals surface area (Å²) >= 11 is 0. The van der Waals surface area contributed by atoms with Crippen LogP contribution < -0.4 is 10.5 Å². The fourth-order valence-electron chi connectivity index (χ4n) is 2.63. The molecule has 1 unspecified atom stereocenters. The van der Waals surface area contributed by atoms with Crippen LogP contribution in [0.25, 0.3) is 0 Å². The van der Waals surface area contributed by atoms with Crippen molar-refractivity contribution in [3.05, 3.63) is 24.3 Å². The van der Waals surface area contributed by atoms with Crippen molar-refractivity contribution in [1.29, 1.82) is 0 Å². The average Bonchev–Trinajstić information content (AvgIpc) is 2.87. The monoisotopic (exact) mass is 262 g/mol. The topological polar surface area (TPSA) is 55.6 Å². The van der Waals surface area contributed by atoms with Crippen molar-refractivity contribution >= 4 is 11.6 Å². The molecule has 2 N–H and O–H groups in total. The number of nitrogen functional groups attached to an aromatic ring is 1. The Morgan fingerprint density at radius 2 is 2.21 bits per heavy atom. The number of rotatable bonds is 4. The van der Waals surface area contributed by atoms with E-state index in [4.69, 9.17) is 10.5 Å². The molecule has 1 aliphatic rings. The van der Waals surface area contributed by atoms with Crippen LogP contribution in [0, 0.1) is 5.92 Å². The molecular weight excluding hydrogens is 240 g/mol. The summed E-state index contributed by atoms with van der Waals surface area (Å²) in [4.78, 5) is 14.2. The largest absolute Gasteiger partial charge is 0.482 e. The molecule has 0 bridgehead atoms. The molecule has 19 heavy (non-hydrogen) atoms. The SMILES string of the molecule is CC(C)C1CCCN1C(=O)COc1ccccc1N. The molecule has 0 aromatic heterocycles. The van der Waals surface area contributed by atoms with Gasteiger partial charge in [-0.25, -0.2) is 0 Å².